The summed E-state index contributed by atoms with van der Waals surface area (Å²) >= 11 is 0. The molecule has 1 N–H and O–H groups in total. The van der Waals surface area contributed by atoms with Crippen LogP contribution in [-0.4, -0.2) is 37.0 Å². The first-order valence-corrected chi connectivity index (χ1v) is 7.27. The topological polar surface area (TPSA) is 81.4 Å². The molecule has 102 valence electrons. The lowest BCUT2D eigenvalue weighted by atomic mass is 10.2. The van der Waals surface area contributed by atoms with Crippen LogP contribution >= 0.6 is 0 Å². The number of aliphatic hydroxyl groups is 1. The van der Waals surface area contributed by atoms with Crippen molar-refractivity contribution in [1.82, 2.24) is 4.31 Å². The summed E-state index contributed by atoms with van der Waals surface area (Å²) in [6.07, 6.45) is 1.28. The predicted octanol–water partition coefficient (Wildman–Crippen LogP) is 0.843. The summed E-state index contributed by atoms with van der Waals surface area (Å²) < 4.78 is 39.1. The average Bonchev–Trinajstić information content (AvgIpc) is 2.88. The number of nitriles is 1. The Hall–Kier alpha value is -1.49. The number of aliphatic hydroxyl groups excluding tert-OH is 1. The fraction of sp³-hybridized carbons (Fsp3) is 0.417. The highest BCUT2D eigenvalue weighted by molar-refractivity contribution is 7.89. The van der Waals surface area contributed by atoms with E-state index in [9.17, 15) is 17.9 Å². The number of sulfonamides is 1. The van der Waals surface area contributed by atoms with E-state index in [1.807, 2.05) is 0 Å². The van der Waals surface area contributed by atoms with Gasteiger partial charge in [0.2, 0.25) is 10.0 Å². The van der Waals surface area contributed by atoms with Crippen LogP contribution in [0.1, 0.15) is 18.4 Å². The highest BCUT2D eigenvalue weighted by Crippen LogP contribution is 2.26. The molecule has 1 aliphatic rings. The molecule has 1 aliphatic heterocycles. The van der Waals surface area contributed by atoms with Gasteiger partial charge in [0.25, 0.3) is 0 Å². The fourth-order valence-corrected chi connectivity index (χ4v) is 3.91. The van der Waals surface area contributed by atoms with Crippen LogP contribution < -0.4 is 0 Å². The molecule has 0 saturated carbocycles. The third-order valence-corrected chi connectivity index (χ3v) is 5.15. The number of benzene rings is 1. The van der Waals surface area contributed by atoms with Crippen molar-refractivity contribution in [3.05, 3.63) is 29.6 Å². The average molecular weight is 284 g/mol. The van der Waals surface area contributed by atoms with Gasteiger partial charge in [0.15, 0.2) is 0 Å². The molecule has 0 spiro atoms. The molecule has 19 heavy (non-hydrogen) atoms. The van der Waals surface area contributed by atoms with E-state index in [4.69, 9.17) is 5.26 Å². The van der Waals surface area contributed by atoms with Crippen LogP contribution in [0.15, 0.2) is 23.1 Å². The van der Waals surface area contributed by atoms with E-state index in [1.165, 1.54) is 4.31 Å². The summed E-state index contributed by atoms with van der Waals surface area (Å²) in [5.74, 6) is -0.749. The summed E-state index contributed by atoms with van der Waals surface area (Å²) in [6.45, 7) is 0.0817. The van der Waals surface area contributed by atoms with E-state index < -0.39 is 21.9 Å². The van der Waals surface area contributed by atoms with Gasteiger partial charge in [-0.2, -0.15) is 9.57 Å². The van der Waals surface area contributed by atoms with Crippen molar-refractivity contribution < 1.29 is 17.9 Å². The van der Waals surface area contributed by atoms with E-state index in [-0.39, 0.29) is 17.1 Å². The molecule has 1 fully saturated rings. The quantitative estimate of drug-likeness (QED) is 0.892. The zero-order valence-corrected chi connectivity index (χ0v) is 10.9. The van der Waals surface area contributed by atoms with Crippen molar-refractivity contribution in [2.24, 2.45) is 0 Å². The van der Waals surface area contributed by atoms with Crippen LogP contribution in [-0.2, 0) is 10.0 Å². The van der Waals surface area contributed by atoms with Gasteiger partial charge in [0, 0.05) is 12.6 Å². The van der Waals surface area contributed by atoms with Gasteiger partial charge in [-0.05, 0) is 31.0 Å². The SMILES string of the molecule is N#Cc1cc(S(=O)(=O)N2CCC[C@@H]2CO)ccc1F. The molecule has 1 atom stereocenters. The van der Waals surface area contributed by atoms with Crippen LogP contribution in [0.4, 0.5) is 4.39 Å². The lowest BCUT2D eigenvalue weighted by Gasteiger charge is -2.22. The van der Waals surface area contributed by atoms with E-state index in [0.29, 0.717) is 19.4 Å². The van der Waals surface area contributed by atoms with Crippen LogP contribution in [0.5, 0.6) is 0 Å². The Labute approximate surface area is 110 Å². The molecule has 0 unspecified atom stereocenters. The molecule has 5 nitrogen and oxygen atoms in total. The largest absolute Gasteiger partial charge is 0.395 e. The minimum absolute atomic E-state index is 0.120. The zero-order valence-electron chi connectivity index (χ0n) is 10.1. The number of rotatable bonds is 3. The fourth-order valence-electron chi connectivity index (χ4n) is 2.19. The Morgan fingerprint density at radius 3 is 2.89 bits per heavy atom. The lowest BCUT2D eigenvalue weighted by Crippen LogP contribution is -2.37. The standard InChI is InChI=1S/C12H13FN2O3S/c13-12-4-3-11(6-9(12)7-14)19(17,18)15-5-1-2-10(15)8-16/h3-4,6,10,16H,1-2,5,8H2/t10-/m1/s1. The van der Waals surface area contributed by atoms with E-state index in [0.717, 1.165) is 18.2 Å². The molecule has 0 amide bonds. The summed E-state index contributed by atoms with van der Waals surface area (Å²) in [7, 11) is -3.79. The van der Waals surface area contributed by atoms with Crippen LogP contribution in [0.25, 0.3) is 0 Å². The first-order valence-electron chi connectivity index (χ1n) is 5.83. The lowest BCUT2D eigenvalue weighted by molar-refractivity contribution is 0.213. The second-order valence-corrected chi connectivity index (χ2v) is 6.24. The van der Waals surface area contributed by atoms with Gasteiger partial charge in [-0.1, -0.05) is 0 Å². The number of hydrogen-bond donors (Lipinski definition) is 1. The molecule has 1 aromatic carbocycles. The molecule has 2 rings (SSSR count). The normalized spacial score (nSPS) is 20.4. The van der Waals surface area contributed by atoms with Crippen molar-refractivity contribution in [2.75, 3.05) is 13.2 Å². The third kappa shape index (κ3) is 2.47. The minimum Gasteiger partial charge on any atom is -0.395 e. The second kappa shape index (κ2) is 5.25. The van der Waals surface area contributed by atoms with Crippen molar-refractivity contribution >= 4 is 10.0 Å². The van der Waals surface area contributed by atoms with Crippen LogP contribution in [0.2, 0.25) is 0 Å². The Morgan fingerprint density at radius 2 is 2.26 bits per heavy atom. The van der Waals surface area contributed by atoms with Gasteiger partial charge in [0.1, 0.15) is 11.9 Å². The minimum atomic E-state index is -3.79. The summed E-state index contributed by atoms with van der Waals surface area (Å²) in [5, 5.41) is 17.9. The molecule has 0 radical (unpaired) electrons. The molecule has 1 heterocycles. The highest BCUT2D eigenvalue weighted by atomic mass is 32.2. The van der Waals surface area contributed by atoms with Gasteiger partial charge in [-0.25, -0.2) is 12.8 Å². The molecule has 1 saturated heterocycles. The molecule has 0 bridgehead atoms. The van der Waals surface area contributed by atoms with Gasteiger partial charge in [0.05, 0.1) is 17.1 Å². The number of halogens is 1. The maximum atomic E-state index is 13.2. The molecular formula is C12H13FN2O3S. The zero-order chi connectivity index (χ0) is 14.0. The van der Waals surface area contributed by atoms with Gasteiger partial charge in [-0.15, -0.1) is 0 Å². The maximum absolute atomic E-state index is 13.2. The Morgan fingerprint density at radius 1 is 1.53 bits per heavy atom. The van der Waals surface area contributed by atoms with Crippen molar-refractivity contribution in [3.63, 3.8) is 0 Å². The summed E-state index contributed by atoms with van der Waals surface area (Å²) in [4.78, 5) is -0.120. The van der Waals surface area contributed by atoms with Crippen molar-refractivity contribution in [3.8, 4) is 6.07 Å². The monoisotopic (exact) mass is 284 g/mol. The molecule has 0 aromatic heterocycles. The molecular weight excluding hydrogens is 271 g/mol. The Bertz CT molecular complexity index is 624. The smallest absolute Gasteiger partial charge is 0.243 e. The molecule has 0 aliphatic carbocycles. The van der Waals surface area contributed by atoms with E-state index in [1.54, 1.807) is 6.07 Å². The van der Waals surface area contributed by atoms with Crippen molar-refractivity contribution in [1.29, 1.82) is 5.26 Å². The first kappa shape index (κ1) is 13.9. The van der Waals surface area contributed by atoms with Gasteiger partial charge >= 0.3 is 0 Å². The number of hydrogen-bond acceptors (Lipinski definition) is 4. The molecule has 7 heteroatoms. The predicted molar refractivity (Wildman–Crippen MR) is 65.1 cm³/mol. The van der Waals surface area contributed by atoms with Gasteiger partial charge < -0.3 is 5.11 Å². The first-order chi connectivity index (χ1) is 9.00. The Kier molecular flexibility index (Phi) is 3.85. The van der Waals surface area contributed by atoms with Crippen LogP contribution in [0, 0.1) is 17.1 Å². The second-order valence-electron chi connectivity index (χ2n) is 4.35. The van der Waals surface area contributed by atoms with E-state index in [2.05, 4.69) is 0 Å². The maximum Gasteiger partial charge on any atom is 0.243 e. The van der Waals surface area contributed by atoms with Crippen molar-refractivity contribution in [2.45, 2.75) is 23.8 Å². The Balaban J connectivity index is 2.43. The van der Waals surface area contributed by atoms with Crippen LogP contribution in [0.3, 0.4) is 0 Å². The third-order valence-electron chi connectivity index (χ3n) is 3.20. The van der Waals surface area contributed by atoms with E-state index >= 15 is 0 Å². The van der Waals surface area contributed by atoms with Gasteiger partial charge in [-0.3, -0.25) is 0 Å². The molecule has 1 aromatic rings. The summed E-state index contributed by atoms with van der Waals surface area (Å²) in [6, 6.07) is 4.30. The summed E-state index contributed by atoms with van der Waals surface area (Å²) in [5.41, 5.74) is -0.305. The number of nitrogens with zero attached hydrogens (tertiary/aromatic N) is 2. The highest BCUT2D eigenvalue weighted by Gasteiger charge is 2.35.